The number of carbonyl (C=O) groups excluding carboxylic acids is 1. The molecule has 1 aliphatic rings. The third kappa shape index (κ3) is 3.23. The number of aliphatic hydroxyl groups is 1. The molecular formula is C13H12Cl2O5. The fourth-order valence-electron chi connectivity index (χ4n) is 2.20. The fraction of sp³-hybridized carbons (Fsp3) is 0.385. The summed E-state index contributed by atoms with van der Waals surface area (Å²) < 4.78 is 5.02. The van der Waals surface area contributed by atoms with Gasteiger partial charge < -0.3 is 14.9 Å². The highest BCUT2D eigenvalue weighted by Gasteiger charge is 2.49. The molecule has 2 atom stereocenters. The number of ether oxygens (including phenoxy) is 1. The average molecular weight is 319 g/mol. The third-order valence-electron chi connectivity index (χ3n) is 3.13. The summed E-state index contributed by atoms with van der Waals surface area (Å²) in [6.45, 7) is 0. The molecule has 1 aromatic carbocycles. The predicted octanol–water partition coefficient (Wildman–Crippen LogP) is 2.06. The Kier molecular flexibility index (Phi) is 4.22. The summed E-state index contributed by atoms with van der Waals surface area (Å²) in [5.74, 6) is -2.16. The molecule has 1 saturated heterocycles. The van der Waals surface area contributed by atoms with Crippen LogP contribution in [-0.2, 0) is 20.7 Å². The quantitative estimate of drug-likeness (QED) is 0.830. The topological polar surface area (TPSA) is 83.8 Å². The van der Waals surface area contributed by atoms with Crippen LogP contribution < -0.4 is 0 Å². The highest BCUT2D eigenvalue weighted by molar-refractivity contribution is 6.35. The van der Waals surface area contributed by atoms with Gasteiger partial charge >= 0.3 is 11.9 Å². The van der Waals surface area contributed by atoms with Crippen LogP contribution in [0.2, 0.25) is 10.0 Å². The van der Waals surface area contributed by atoms with Crippen LogP contribution in [0, 0.1) is 0 Å². The van der Waals surface area contributed by atoms with Crippen molar-refractivity contribution in [3.8, 4) is 0 Å². The SMILES string of the molecule is O=C(O)C[C@@]1(O)C[C@@H](Cc2ccc(Cl)cc2Cl)OC1=O. The molecule has 0 amide bonds. The molecule has 0 aliphatic carbocycles. The minimum Gasteiger partial charge on any atom is -0.481 e. The highest BCUT2D eigenvalue weighted by atomic mass is 35.5. The summed E-state index contributed by atoms with van der Waals surface area (Å²) in [5, 5.41) is 19.6. The Morgan fingerprint density at radius 3 is 2.75 bits per heavy atom. The van der Waals surface area contributed by atoms with Gasteiger partial charge in [-0.3, -0.25) is 4.79 Å². The van der Waals surface area contributed by atoms with E-state index in [9.17, 15) is 14.7 Å². The van der Waals surface area contributed by atoms with Crippen LogP contribution in [0.25, 0.3) is 0 Å². The molecule has 0 spiro atoms. The molecule has 0 bridgehead atoms. The highest BCUT2D eigenvalue weighted by Crippen LogP contribution is 2.32. The molecule has 1 fully saturated rings. The predicted molar refractivity (Wildman–Crippen MR) is 71.9 cm³/mol. The number of hydrogen-bond donors (Lipinski definition) is 2. The molecule has 1 aliphatic heterocycles. The summed E-state index contributed by atoms with van der Waals surface area (Å²) in [7, 11) is 0. The number of cyclic esters (lactones) is 1. The Labute approximate surface area is 125 Å². The van der Waals surface area contributed by atoms with Crippen molar-refractivity contribution in [2.45, 2.75) is 31.0 Å². The van der Waals surface area contributed by atoms with Crippen LogP contribution >= 0.6 is 23.2 Å². The van der Waals surface area contributed by atoms with E-state index in [1.807, 2.05) is 0 Å². The van der Waals surface area contributed by atoms with Gasteiger partial charge in [0.1, 0.15) is 6.10 Å². The van der Waals surface area contributed by atoms with E-state index in [-0.39, 0.29) is 6.42 Å². The maximum absolute atomic E-state index is 11.6. The van der Waals surface area contributed by atoms with Crippen molar-refractivity contribution in [3.05, 3.63) is 33.8 Å². The van der Waals surface area contributed by atoms with Gasteiger partial charge in [-0.15, -0.1) is 0 Å². The zero-order valence-corrected chi connectivity index (χ0v) is 11.8. The van der Waals surface area contributed by atoms with Gasteiger partial charge in [-0.1, -0.05) is 29.3 Å². The van der Waals surface area contributed by atoms with E-state index in [0.29, 0.717) is 22.0 Å². The van der Waals surface area contributed by atoms with Crippen LogP contribution in [0.15, 0.2) is 18.2 Å². The van der Waals surface area contributed by atoms with Gasteiger partial charge in [-0.2, -0.15) is 0 Å². The maximum atomic E-state index is 11.6. The monoisotopic (exact) mass is 318 g/mol. The van der Waals surface area contributed by atoms with Crippen LogP contribution in [0.5, 0.6) is 0 Å². The van der Waals surface area contributed by atoms with Crippen molar-refractivity contribution in [3.63, 3.8) is 0 Å². The first-order valence-corrected chi connectivity index (χ1v) is 6.65. The number of aliphatic carboxylic acids is 1. The van der Waals surface area contributed by atoms with Crippen molar-refractivity contribution in [1.29, 1.82) is 0 Å². The molecule has 1 aromatic rings. The molecular weight excluding hydrogens is 307 g/mol. The number of rotatable bonds is 4. The van der Waals surface area contributed by atoms with E-state index in [1.165, 1.54) is 0 Å². The molecule has 2 N–H and O–H groups in total. The van der Waals surface area contributed by atoms with Crippen LogP contribution in [-0.4, -0.2) is 33.9 Å². The fourth-order valence-corrected chi connectivity index (χ4v) is 2.69. The number of carbonyl (C=O) groups is 2. The summed E-state index contributed by atoms with van der Waals surface area (Å²) >= 11 is 11.8. The molecule has 20 heavy (non-hydrogen) atoms. The Morgan fingerprint density at radius 1 is 1.45 bits per heavy atom. The second kappa shape index (κ2) is 5.60. The second-order valence-electron chi connectivity index (χ2n) is 4.77. The van der Waals surface area contributed by atoms with Crippen molar-refractivity contribution in [2.75, 3.05) is 0 Å². The molecule has 0 aromatic heterocycles. The average Bonchev–Trinajstić information content (AvgIpc) is 2.57. The molecule has 1 heterocycles. The third-order valence-corrected chi connectivity index (χ3v) is 3.71. The largest absolute Gasteiger partial charge is 0.481 e. The van der Waals surface area contributed by atoms with Gasteiger partial charge in [0.2, 0.25) is 0 Å². The van der Waals surface area contributed by atoms with Gasteiger partial charge in [0.15, 0.2) is 5.60 Å². The van der Waals surface area contributed by atoms with Gasteiger partial charge in [-0.25, -0.2) is 4.79 Å². The second-order valence-corrected chi connectivity index (χ2v) is 5.62. The van der Waals surface area contributed by atoms with Crippen molar-refractivity contribution in [1.82, 2.24) is 0 Å². The molecule has 0 saturated carbocycles. The number of hydrogen-bond acceptors (Lipinski definition) is 4. The lowest BCUT2D eigenvalue weighted by Crippen LogP contribution is -2.36. The number of halogens is 2. The summed E-state index contributed by atoms with van der Waals surface area (Å²) in [6, 6.07) is 4.93. The zero-order valence-electron chi connectivity index (χ0n) is 10.3. The van der Waals surface area contributed by atoms with E-state index in [2.05, 4.69) is 0 Å². The summed E-state index contributed by atoms with van der Waals surface area (Å²) in [4.78, 5) is 22.2. The Hall–Kier alpha value is -1.30. The number of carboxylic acid groups (broad SMARTS) is 1. The number of benzene rings is 1. The number of esters is 1. The van der Waals surface area contributed by atoms with Crippen LogP contribution in [0.4, 0.5) is 0 Å². The van der Waals surface area contributed by atoms with E-state index < -0.39 is 30.1 Å². The summed E-state index contributed by atoms with van der Waals surface area (Å²) in [5.41, 5.74) is -1.25. The molecule has 2 rings (SSSR count). The lowest BCUT2D eigenvalue weighted by Gasteiger charge is -2.14. The lowest BCUT2D eigenvalue weighted by molar-refractivity contribution is -0.160. The van der Waals surface area contributed by atoms with Crippen molar-refractivity contribution < 1.29 is 24.5 Å². The molecule has 108 valence electrons. The first-order chi connectivity index (χ1) is 9.30. The first kappa shape index (κ1) is 15.1. The smallest absolute Gasteiger partial charge is 0.339 e. The minimum absolute atomic E-state index is 0.0723. The molecule has 7 heteroatoms. The van der Waals surface area contributed by atoms with E-state index in [0.717, 1.165) is 0 Å². The number of carboxylic acids is 1. The Balaban J connectivity index is 2.09. The van der Waals surface area contributed by atoms with E-state index >= 15 is 0 Å². The normalized spacial score (nSPS) is 25.6. The lowest BCUT2D eigenvalue weighted by atomic mass is 9.93. The molecule has 0 radical (unpaired) electrons. The standard InChI is InChI=1S/C13H12Cl2O5/c14-8-2-1-7(10(15)4-8)3-9-5-13(19,6-11(16)17)12(18)20-9/h1-2,4,9,19H,3,5-6H2,(H,16,17)/t9-,13+/m1/s1. The molecule has 5 nitrogen and oxygen atoms in total. The van der Waals surface area contributed by atoms with Crippen molar-refractivity contribution in [2.24, 2.45) is 0 Å². The Bertz CT molecular complexity index is 560. The first-order valence-electron chi connectivity index (χ1n) is 5.89. The minimum atomic E-state index is -1.96. The maximum Gasteiger partial charge on any atom is 0.339 e. The van der Waals surface area contributed by atoms with Crippen LogP contribution in [0.3, 0.4) is 0 Å². The Morgan fingerprint density at radius 2 is 2.15 bits per heavy atom. The van der Waals surface area contributed by atoms with Crippen LogP contribution in [0.1, 0.15) is 18.4 Å². The van der Waals surface area contributed by atoms with Gasteiger partial charge in [0.05, 0.1) is 6.42 Å². The summed E-state index contributed by atoms with van der Waals surface area (Å²) in [6.07, 6.45) is -1.05. The van der Waals surface area contributed by atoms with E-state index in [4.69, 9.17) is 33.0 Å². The van der Waals surface area contributed by atoms with Gasteiger partial charge in [-0.05, 0) is 17.7 Å². The zero-order chi connectivity index (χ0) is 14.9. The van der Waals surface area contributed by atoms with E-state index in [1.54, 1.807) is 18.2 Å². The van der Waals surface area contributed by atoms with Gasteiger partial charge in [0.25, 0.3) is 0 Å². The van der Waals surface area contributed by atoms with Gasteiger partial charge in [0, 0.05) is 22.9 Å². The van der Waals surface area contributed by atoms with Crippen molar-refractivity contribution >= 4 is 35.1 Å². The molecule has 0 unspecified atom stereocenters.